The highest BCUT2D eigenvalue weighted by Gasteiger charge is 2.35. The molecule has 0 radical (unpaired) electrons. The van der Waals surface area contributed by atoms with Crippen molar-refractivity contribution in [2.75, 3.05) is 6.54 Å². The number of halogens is 1. The molecule has 1 heterocycles. The van der Waals surface area contributed by atoms with E-state index in [1.807, 2.05) is 18.2 Å². The average Bonchev–Trinajstić information content (AvgIpc) is 2.61. The quantitative estimate of drug-likeness (QED) is 0.713. The summed E-state index contributed by atoms with van der Waals surface area (Å²) >= 11 is 0. The summed E-state index contributed by atoms with van der Waals surface area (Å²) in [6.07, 6.45) is 3.89. The zero-order chi connectivity index (χ0) is 18.4. The summed E-state index contributed by atoms with van der Waals surface area (Å²) in [5, 5.41) is 15.4. The number of urea groups is 1. The normalized spacial score (nSPS) is 20.1. The minimum atomic E-state index is -0.280. The fourth-order valence-corrected chi connectivity index (χ4v) is 3.27. The molecule has 1 fully saturated rings. The summed E-state index contributed by atoms with van der Waals surface area (Å²) < 4.78 is 13.6. The van der Waals surface area contributed by atoms with Crippen LogP contribution >= 0.6 is 0 Å². The summed E-state index contributed by atoms with van der Waals surface area (Å²) in [4.78, 5) is 16.6. The molecular formula is C20H24FN3O2. The Morgan fingerprint density at radius 2 is 2.00 bits per heavy atom. The maximum atomic E-state index is 13.6. The van der Waals surface area contributed by atoms with Gasteiger partial charge in [-0.15, -0.1) is 0 Å². The Kier molecular flexibility index (Phi) is 6.17. The van der Waals surface area contributed by atoms with Crippen molar-refractivity contribution in [2.45, 2.75) is 37.8 Å². The van der Waals surface area contributed by atoms with Crippen molar-refractivity contribution >= 4 is 6.03 Å². The molecule has 6 heteroatoms. The Morgan fingerprint density at radius 3 is 2.69 bits per heavy atom. The van der Waals surface area contributed by atoms with Gasteiger partial charge in [-0.05, 0) is 48.9 Å². The topological polar surface area (TPSA) is 74.2 Å². The first-order valence-electron chi connectivity index (χ1n) is 8.97. The maximum Gasteiger partial charge on any atom is 0.315 e. The lowest BCUT2D eigenvalue weighted by atomic mass is 9.76. The van der Waals surface area contributed by atoms with Crippen LogP contribution in [0.3, 0.4) is 0 Å². The smallest absolute Gasteiger partial charge is 0.315 e. The first kappa shape index (κ1) is 18.3. The van der Waals surface area contributed by atoms with Gasteiger partial charge >= 0.3 is 6.03 Å². The number of nitrogens with one attached hydrogen (secondary N) is 2. The monoisotopic (exact) mass is 357 g/mol. The van der Waals surface area contributed by atoms with Crippen molar-refractivity contribution in [3.63, 3.8) is 0 Å². The lowest BCUT2D eigenvalue weighted by molar-refractivity contribution is 0.0261. The van der Waals surface area contributed by atoms with Gasteiger partial charge in [0.25, 0.3) is 0 Å². The van der Waals surface area contributed by atoms with E-state index in [1.54, 1.807) is 24.4 Å². The third-order valence-electron chi connectivity index (χ3n) is 4.83. The van der Waals surface area contributed by atoms with E-state index in [9.17, 15) is 14.3 Å². The fraction of sp³-hybridized carbons (Fsp3) is 0.400. The molecule has 0 aliphatic heterocycles. The van der Waals surface area contributed by atoms with Crippen LogP contribution in [0.1, 0.15) is 24.1 Å². The van der Waals surface area contributed by atoms with Crippen molar-refractivity contribution in [3.05, 3.63) is 65.7 Å². The van der Waals surface area contributed by atoms with Crippen LogP contribution in [-0.2, 0) is 12.8 Å². The minimum absolute atomic E-state index is 0.0817. The Labute approximate surface area is 152 Å². The van der Waals surface area contributed by atoms with Crippen molar-refractivity contribution in [3.8, 4) is 0 Å². The predicted molar refractivity (Wildman–Crippen MR) is 97.1 cm³/mol. The molecule has 2 aromatic rings. The number of nitrogens with zero attached hydrogens (tertiary/aromatic N) is 1. The maximum absolute atomic E-state index is 13.6. The number of benzene rings is 1. The van der Waals surface area contributed by atoms with Gasteiger partial charge in [0.15, 0.2) is 0 Å². The molecule has 5 nitrogen and oxygen atoms in total. The molecule has 2 amide bonds. The van der Waals surface area contributed by atoms with Crippen LogP contribution < -0.4 is 10.6 Å². The van der Waals surface area contributed by atoms with Crippen molar-refractivity contribution < 1.29 is 14.3 Å². The van der Waals surface area contributed by atoms with Crippen molar-refractivity contribution in [1.29, 1.82) is 0 Å². The molecule has 138 valence electrons. The number of carbonyl (C=O) groups is 1. The minimum Gasteiger partial charge on any atom is -0.393 e. The van der Waals surface area contributed by atoms with Gasteiger partial charge in [0, 0.05) is 30.9 Å². The number of amides is 2. The highest BCUT2D eigenvalue weighted by molar-refractivity contribution is 5.74. The number of aromatic nitrogens is 1. The number of hydrogen-bond acceptors (Lipinski definition) is 3. The van der Waals surface area contributed by atoms with E-state index in [1.165, 1.54) is 6.07 Å². The fourth-order valence-electron chi connectivity index (χ4n) is 3.27. The van der Waals surface area contributed by atoms with Gasteiger partial charge in [-0.25, -0.2) is 9.18 Å². The first-order chi connectivity index (χ1) is 12.6. The molecule has 1 aromatic carbocycles. The molecule has 1 aliphatic rings. The van der Waals surface area contributed by atoms with Crippen LogP contribution in [0.2, 0.25) is 0 Å². The molecule has 1 saturated carbocycles. The predicted octanol–water partition coefficient (Wildman–Crippen LogP) is 2.44. The van der Waals surface area contributed by atoms with Gasteiger partial charge in [-0.2, -0.15) is 0 Å². The summed E-state index contributed by atoms with van der Waals surface area (Å²) in [5.41, 5.74) is 1.49. The van der Waals surface area contributed by atoms with Gasteiger partial charge in [0.1, 0.15) is 5.82 Å². The zero-order valence-corrected chi connectivity index (χ0v) is 14.6. The highest BCUT2D eigenvalue weighted by Crippen LogP contribution is 2.31. The number of pyridine rings is 1. The molecule has 0 saturated heterocycles. The third-order valence-corrected chi connectivity index (χ3v) is 4.83. The van der Waals surface area contributed by atoms with Crippen LogP contribution in [0.4, 0.5) is 9.18 Å². The molecule has 0 unspecified atom stereocenters. The number of rotatable bonds is 7. The lowest BCUT2D eigenvalue weighted by Crippen LogP contribution is -2.51. The van der Waals surface area contributed by atoms with E-state index in [0.717, 1.165) is 5.69 Å². The van der Waals surface area contributed by atoms with E-state index in [0.29, 0.717) is 37.8 Å². The summed E-state index contributed by atoms with van der Waals surface area (Å²) in [6, 6.07) is 11.9. The van der Waals surface area contributed by atoms with E-state index in [-0.39, 0.29) is 29.9 Å². The number of carbonyl (C=O) groups excluding carboxylic acids is 1. The van der Waals surface area contributed by atoms with E-state index >= 15 is 0 Å². The highest BCUT2D eigenvalue weighted by atomic mass is 19.1. The Morgan fingerprint density at radius 1 is 1.23 bits per heavy atom. The third kappa shape index (κ3) is 5.02. The molecule has 1 atom stereocenters. The standard InChI is InChI=1S/C20H24FN3O2/c21-18-7-2-1-5-14(18)8-10-23-20(26)24-19(15-11-17(25)12-15)13-16-6-3-4-9-22-16/h1-7,9,15,17,19,25H,8,10-13H2,(H2,23,24,26)/t15?,17?,19-/m0/s1. The van der Waals surface area contributed by atoms with Crippen molar-refractivity contribution in [2.24, 2.45) is 5.92 Å². The van der Waals surface area contributed by atoms with Gasteiger partial charge < -0.3 is 15.7 Å². The van der Waals surface area contributed by atoms with Gasteiger partial charge in [-0.1, -0.05) is 24.3 Å². The Balaban J connectivity index is 1.51. The zero-order valence-electron chi connectivity index (χ0n) is 14.6. The molecule has 0 bridgehead atoms. The van der Waals surface area contributed by atoms with Crippen LogP contribution in [0, 0.1) is 11.7 Å². The second-order valence-electron chi connectivity index (χ2n) is 6.76. The first-order valence-corrected chi connectivity index (χ1v) is 8.97. The summed E-state index contributed by atoms with van der Waals surface area (Å²) in [5.74, 6) is -0.0180. The molecule has 0 spiro atoms. The molecule has 1 aliphatic carbocycles. The van der Waals surface area contributed by atoms with Gasteiger partial charge in [-0.3, -0.25) is 4.98 Å². The second-order valence-corrected chi connectivity index (χ2v) is 6.76. The number of hydrogen-bond donors (Lipinski definition) is 3. The van der Waals surface area contributed by atoms with Crippen molar-refractivity contribution in [1.82, 2.24) is 15.6 Å². The SMILES string of the molecule is O=C(NCCc1ccccc1F)N[C@@H](Cc1ccccn1)C1CC(O)C1. The van der Waals surface area contributed by atoms with Gasteiger partial charge in [0.2, 0.25) is 0 Å². The largest absolute Gasteiger partial charge is 0.393 e. The van der Waals surface area contributed by atoms with Crippen LogP contribution in [0.5, 0.6) is 0 Å². The van der Waals surface area contributed by atoms with E-state index in [4.69, 9.17) is 0 Å². The molecule has 3 rings (SSSR count). The van der Waals surface area contributed by atoms with E-state index in [2.05, 4.69) is 15.6 Å². The molecule has 3 N–H and O–H groups in total. The van der Waals surface area contributed by atoms with Gasteiger partial charge in [0.05, 0.1) is 6.10 Å². The van der Waals surface area contributed by atoms with Crippen LogP contribution in [0.25, 0.3) is 0 Å². The molecule has 26 heavy (non-hydrogen) atoms. The van der Waals surface area contributed by atoms with Crippen LogP contribution in [0.15, 0.2) is 48.7 Å². The van der Waals surface area contributed by atoms with E-state index < -0.39 is 0 Å². The molecule has 1 aromatic heterocycles. The second kappa shape index (κ2) is 8.76. The average molecular weight is 357 g/mol. The molecular weight excluding hydrogens is 333 g/mol. The summed E-state index contributed by atoms with van der Waals surface area (Å²) in [6.45, 7) is 0.358. The van der Waals surface area contributed by atoms with Crippen LogP contribution in [-0.4, -0.2) is 34.8 Å². The Hall–Kier alpha value is -2.47. The number of aliphatic hydroxyl groups excluding tert-OH is 1. The Bertz CT molecular complexity index is 720. The lowest BCUT2D eigenvalue weighted by Gasteiger charge is -2.38. The summed E-state index contributed by atoms with van der Waals surface area (Å²) in [7, 11) is 0. The number of aliphatic hydroxyl groups is 1.